The van der Waals surface area contributed by atoms with E-state index in [0.29, 0.717) is 0 Å². The molecule has 0 N–H and O–H groups in total. The van der Waals surface area contributed by atoms with Crippen molar-refractivity contribution in [1.82, 2.24) is 0 Å². The van der Waals surface area contributed by atoms with Crippen LogP contribution >= 0.6 is 0 Å². The molecule has 1 unspecified atom stereocenters. The van der Waals surface area contributed by atoms with Gasteiger partial charge in [-0.05, 0) is 54.6 Å². The Kier molecular flexibility index (Phi) is 8.80. The zero-order valence-corrected chi connectivity index (χ0v) is 16.5. The number of hydrogen-bond donors (Lipinski definition) is 0. The fourth-order valence-electron chi connectivity index (χ4n) is 1.91. The minimum absolute atomic E-state index is 0.0861. The molecule has 0 aliphatic carbocycles. The molecule has 0 aromatic carbocycles. The molecule has 0 saturated heterocycles. The van der Waals surface area contributed by atoms with E-state index in [9.17, 15) is 0 Å². The van der Waals surface area contributed by atoms with Gasteiger partial charge < -0.3 is 18.6 Å². The molecule has 0 saturated carbocycles. The molecular formula is C17H34O4Si. The first-order valence-electron chi connectivity index (χ1n) is 7.95. The van der Waals surface area contributed by atoms with Crippen molar-refractivity contribution in [2.45, 2.75) is 85.0 Å². The molecule has 4 nitrogen and oxygen atoms in total. The predicted octanol–water partition coefficient (Wildman–Crippen LogP) is 4.42. The van der Waals surface area contributed by atoms with Gasteiger partial charge in [0.25, 0.3) is 0 Å². The van der Waals surface area contributed by atoms with Gasteiger partial charge in [0.15, 0.2) is 0 Å². The van der Waals surface area contributed by atoms with Crippen LogP contribution in [0, 0.1) is 0 Å². The summed E-state index contributed by atoms with van der Waals surface area (Å²) in [5, 5.41) is 0. The largest absolute Gasteiger partial charge is 0.400 e. The summed E-state index contributed by atoms with van der Waals surface area (Å²) in [6.45, 7) is 23.5. The minimum Gasteiger partial charge on any atom is -0.400 e. The van der Waals surface area contributed by atoms with E-state index < -0.39 is 20.4 Å². The van der Waals surface area contributed by atoms with Crippen LogP contribution in [0.1, 0.15) is 41.5 Å². The molecule has 0 aliphatic heterocycles. The highest BCUT2D eigenvalue weighted by Crippen LogP contribution is 2.31. The van der Waals surface area contributed by atoms with Crippen LogP contribution in [-0.4, -0.2) is 38.7 Å². The topological polar surface area (TPSA) is 36.9 Å². The lowest BCUT2D eigenvalue weighted by molar-refractivity contribution is -0.429. The van der Waals surface area contributed by atoms with E-state index >= 15 is 0 Å². The van der Waals surface area contributed by atoms with Crippen molar-refractivity contribution in [2.24, 2.45) is 0 Å². The van der Waals surface area contributed by atoms with E-state index in [0.717, 1.165) is 0 Å². The van der Waals surface area contributed by atoms with Crippen molar-refractivity contribution in [3.63, 3.8) is 0 Å². The summed E-state index contributed by atoms with van der Waals surface area (Å²) in [5.74, 6) is -1.31. The highest BCUT2D eigenvalue weighted by atomic mass is 28.4. The molecule has 130 valence electrons. The van der Waals surface area contributed by atoms with Crippen molar-refractivity contribution < 1.29 is 18.6 Å². The van der Waals surface area contributed by atoms with Crippen LogP contribution < -0.4 is 0 Å². The lowest BCUT2D eigenvalue weighted by Gasteiger charge is -2.43. The maximum atomic E-state index is 6.23. The van der Waals surface area contributed by atoms with Crippen molar-refractivity contribution in [2.75, 3.05) is 0 Å². The third-order valence-electron chi connectivity index (χ3n) is 2.68. The molecular weight excluding hydrogens is 296 g/mol. The molecule has 22 heavy (non-hydrogen) atoms. The van der Waals surface area contributed by atoms with Crippen LogP contribution in [0.25, 0.3) is 0 Å². The Morgan fingerprint density at radius 2 is 1.18 bits per heavy atom. The van der Waals surface area contributed by atoms with Crippen molar-refractivity contribution in [1.29, 1.82) is 0 Å². The van der Waals surface area contributed by atoms with Gasteiger partial charge in [0, 0.05) is 0 Å². The summed E-state index contributed by atoms with van der Waals surface area (Å²) in [4.78, 5) is 0. The molecule has 0 aliphatic rings. The van der Waals surface area contributed by atoms with E-state index in [1.807, 2.05) is 47.2 Å². The second kappa shape index (κ2) is 8.98. The average molecular weight is 331 g/mol. The van der Waals surface area contributed by atoms with Crippen LogP contribution in [0.3, 0.4) is 0 Å². The Morgan fingerprint density at radius 1 is 0.818 bits per heavy atom. The fraction of sp³-hybridized carbons (Fsp3) is 0.765. The maximum Gasteiger partial charge on any atom is 0.314 e. The first-order chi connectivity index (χ1) is 9.98. The third kappa shape index (κ3) is 7.20. The molecule has 0 spiro atoms. The van der Waals surface area contributed by atoms with Gasteiger partial charge in [-0.2, -0.15) is 0 Å². The number of ether oxygens (including phenoxy) is 3. The Morgan fingerprint density at radius 3 is 1.41 bits per heavy atom. The Hall–Kier alpha value is -0.463. The van der Waals surface area contributed by atoms with Gasteiger partial charge in [-0.3, -0.25) is 0 Å². The molecule has 0 rings (SSSR count). The van der Waals surface area contributed by atoms with E-state index in [4.69, 9.17) is 18.6 Å². The quantitative estimate of drug-likeness (QED) is 0.319. The summed E-state index contributed by atoms with van der Waals surface area (Å²) >= 11 is 0. The van der Waals surface area contributed by atoms with Gasteiger partial charge >= 0.3 is 5.97 Å². The number of hydrogen-bond acceptors (Lipinski definition) is 4. The Labute approximate surface area is 137 Å². The molecule has 0 bridgehead atoms. The third-order valence-corrected chi connectivity index (χ3v) is 4.53. The summed E-state index contributed by atoms with van der Waals surface area (Å²) < 4.78 is 24.4. The molecule has 0 fully saturated rings. The summed E-state index contributed by atoms with van der Waals surface area (Å²) in [5.41, 5.74) is 1.87. The van der Waals surface area contributed by atoms with E-state index in [1.54, 1.807) is 6.08 Å². The Bertz CT molecular complexity index is 324. The second-order valence-electron chi connectivity index (χ2n) is 6.69. The highest BCUT2D eigenvalue weighted by molar-refractivity contribution is 6.76. The van der Waals surface area contributed by atoms with Crippen molar-refractivity contribution in [3.05, 3.63) is 24.9 Å². The predicted molar refractivity (Wildman–Crippen MR) is 94.1 cm³/mol. The monoisotopic (exact) mass is 330 g/mol. The van der Waals surface area contributed by atoms with Gasteiger partial charge in [-0.15, -0.1) is 13.2 Å². The maximum absolute atomic E-state index is 6.23. The Balaban J connectivity index is 5.70. The zero-order chi connectivity index (χ0) is 17.6. The standard InChI is InChI=1S/C17H34O4Si/c1-11-16(21-22(9,10)12-2)17(18-13(3)4,19-14(5)6)20-15(7)8/h11-16H,1-2H2,3-10H3. The second-order valence-corrected chi connectivity index (χ2v) is 10.5. The van der Waals surface area contributed by atoms with Crippen LogP contribution in [0.4, 0.5) is 0 Å². The zero-order valence-electron chi connectivity index (χ0n) is 15.5. The van der Waals surface area contributed by atoms with Crippen LogP contribution in [0.15, 0.2) is 24.9 Å². The minimum atomic E-state index is -2.07. The smallest absolute Gasteiger partial charge is 0.314 e. The first kappa shape index (κ1) is 21.5. The van der Waals surface area contributed by atoms with E-state index in [2.05, 4.69) is 26.3 Å². The van der Waals surface area contributed by atoms with Gasteiger partial charge in [0.2, 0.25) is 8.32 Å². The molecule has 0 radical (unpaired) electrons. The van der Waals surface area contributed by atoms with Crippen LogP contribution in [0.5, 0.6) is 0 Å². The van der Waals surface area contributed by atoms with Gasteiger partial charge in [-0.25, -0.2) is 0 Å². The molecule has 0 aromatic heterocycles. The normalized spacial score (nSPS) is 14.7. The van der Waals surface area contributed by atoms with Gasteiger partial charge in [-0.1, -0.05) is 11.8 Å². The van der Waals surface area contributed by atoms with E-state index in [-0.39, 0.29) is 18.3 Å². The average Bonchev–Trinajstić information content (AvgIpc) is 2.33. The molecule has 0 amide bonds. The summed E-state index contributed by atoms with van der Waals surface area (Å²) in [6, 6.07) is 0. The van der Waals surface area contributed by atoms with Crippen LogP contribution in [-0.2, 0) is 18.6 Å². The van der Waals surface area contributed by atoms with E-state index in [1.165, 1.54) is 0 Å². The van der Waals surface area contributed by atoms with Crippen molar-refractivity contribution >= 4 is 8.32 Å². The summed E-state index contributed by atoms with van der Waals surface area (Å²) in [6.07, 6.45) is 0.885. The molecule has 0 aromatic rings. The molecule has 0 heterocycles. The lowest BCUT2D eigenvalue weighted by Crippen LogP contribution is -2.56. The SMILES string of the molecule is C=CC(O[Si](C)(C)C=C)C(OC(C)C)(OC(C)C)OC(C)C. The number of rotatable bonds is 11. The van der Waals surface area contributed by atoms with Gasteiger partial charge in [0.1, 0.15) is 6.10 Å². The van der Waals surface area contributed by atoms with Crippen molar-refractivity contribution in [3.8, 4) is 0 Å². The first-order valence-corrected chi connectivity index (χ1v) is 10.9. The van der Waals surface area contributed by atoms with Gasteiger partial charge in [0.05, 0.1) is 18.3 Å². The highest BCUT2D eigenvalue weighted by Gasteiger charge is 2.46. The fourth-order valence-corrected chi connectivity index (χ4v) is 2.90. The summed E-state index contributed by atoms with van der Waals surface area (Å²) in [7, 11) is -2.07. The lowest BCUT2D eigenvalue weighted by atomic mass is 10.2. The molecule has 1 atom stereocenters. The molecule has 5 heteroatoms. The van der Waals surface area contributed by atoms with Crippen LogP contribution in [0.2, 0.25) is 13.1 Å².